The van der Waals surface area contributed by atoms with E-state index in [9.17, 15) is 9.59 Å². The first-order valence-corrected chi connectivity index (χ1v) is 11.7. The van der Waals surface area contributed by atoms with Crippen LogP contribution < -0.4 is 10.6 Å². The van der Waals surface area contributed by atoms with Crippen LogP contribution in [-0.2, 0) is 29.0 Å². The van der Waals surface area contributed by atoms with E-state index in [2.05, 4.69) is 36.6 Å². The molecule has 156 valence electrons. The Hall–Kier alpha value is -2.57. The van der Waals surface area contributed by atoms with Crippen molar-refractivity contribution in [3.8, 4) is 0 Å². The van der Waals surface area contributed by atoms with Gasteiger partial charge in [-0.15, -0.1) is 23.1 Å². The van der Waals surface area contributed by atoms with Gasteiger partial charge in [-0.3, -0.25) is 9.59 Å². The monoisotopic (exact) mass is 438 g/mol. The first-order valence-electron chi connectivity index (χ1n) is 9.91. The summed E-state index contributed by atoms with van der Waals surface area (Å²) in [6.07, 6.45) is 0.653. The predicted octanol–water partition coefficient (Wildman–Crippen LogP) is 5.29. The van der Waals surface area contributed by atoms with Gasteiger partial charge in [0.1, 0.15) is 0 Å². The van der Waals surface area contributed by atoms with Gasteiger partial charge in [-0.05, 0) is 46.8 Å². The van der Waals surface area contributed by atoms with E-state index in [4.69, 9.17) is 0 Å². The Morgan fingerprint density at radius 1 is 0.900 bits per heavy atom. The van der Waals surface area contributed by atoms with Crippen LogP contribution in [0.25, 0.3) is 0 Å². The van der Waals surface area contributed by atoms with Crippen molar-refractivity contribution >= 4 is 40.6 Å². The fourth-order valence-electron chi connectivity index (χ4n) is 2.90. The molecule has 4 nitrogen and oxygen atoms in total. The maximum absolute atomic E-state index is 12.3. The smallest absolute Gasteiger partial charge is 0.228 e. The molecule has 0 radical (unpaired) electrons. The Kier molecular flexibility index (Phi) is 8.11. The summed E-state index contributed by atoms with van der Waals surface area (Å²) >= 11 is 3.43. The lowest BCUT2D eigenvalue weighted by molar-refractivity contribution is -0.120. The van der Waals surface area contributed by atoms with Gasteiger partial charge in [-0.25, -0.2) is 0 Å². The Morgan fingerprint density at radius 3 is 2.13 bits per heavy atom. The summed E-state index contributed by atoms with van der Waals surface area (Å²) in [7, 11) is 0. The number of nitrogens with one attached hydrogen (secondary N) is 2. The first-order chi connectivity index (χ1) is 14.5. The normalized spacial score (nSPS) is 10.8. The molecule has 3 rings (SSSR count). The van der Waals surface area contributed by atoms with Gasteiger partial charge in [0.2, 0.25) is 11.8 Å². The molecule has 30 heavy (non-hydrogen) atoms. The Bertz CT molecular complexity index is 950. The quantitative estimate of drug-likeness (QED) is 0.446. The second kappa shape index (κ2) is 11.0. The van der Waals surface area contributed by atoms with Crippen LogP contribution in [0, 0.1) is 0 Å². The fraction of sp³-hybridized carbons (Fsp3) is 0.250. The van der Waals surface area contributed by atoms with E-state index in [0.29, 0.717) is 24.6 Å². The zero-order chi connectivity index (χ0) is 21.3. The van der Waals surface area contributed by atoms with Crippen molar-refractivity contribution in [1.82, 2.24) is 5.32 Å². The van der Waals surface area contributed by atoms with Gasteiger partial charge in [0.15, 0.2) is 0 Å². The molecule has 0 aliphatic rings. The third-order valence-electron chi connectivity index (χ3n) is 4.30. The summed E-state index contributed by atoms with van der Waals surface area (Å²) in [5.41, 5.74) is 2.63. The van der Waals surface area contributed by atoms with Crippen LogP contribution >= 0.6 is 23.1 Å². The minimum Gasteiger partial charge on any atom is -0.351 e. The zero-order valence-corrected chi connectivity index (χ0v) is 18.8. The molecule has 0 atom stereocenters. The molecule has 3 aromatic rings. The highest BCUT2D eigenvalue weighted by atomic mass is 32.2. The molecule has 2 aromatic carbocycles. The van der Waals surface area contributed by atoms with Crippen LogP contribution in [0.4, 0.5) is 5.69 Å². The molecule has 0 unspecified atom stereocenters. The highest BCUT2D eigenvalue weighted by Gasteiger charge is 2.07. The largest absolute Gasteiger partial charge is 0.351 e. The van der Waals surface area contributed by atoms with Crippen LogP contribution in [0.15, 0.2) is 70.9 Å². The van der Waals surface area contributed by atoms with Gasteiger partial charge in [0.05, 0.1) is 19.4 Å². The summed E-state index contributed by atoms with van der Waals surface area (Å²) < 4.78 is 0. The van der Waals surface area contributed by atoms with E-state index in [-0.39, 0.29) is 11.8 Å². The molecule has 0 saturated carbocycles. The van der Waals surface area contributed by atoms with Gasteiger partial charge in [0, 0.05) is 20.7 Å². The van der Waals surface area contributed by atoms with Crippen molar-refractivity contribution in [1.29, 1.82) is 0 Å². The van der Waals surface area contributed by atoms with Crippen LogP contribution in [0.1, 0.15) is 29.9 Å². The summed E-state index contributed by atoms with van der Waals surface area (Å²) in [6.45, 7) is 4.88. The maximum Gasteiger partial charge on any atom is 0.228 e. The lowest BCUT2D eigenvalue weighted by Gasteiger charge is -2.08. The molecule has 0 fully saturated rings. The maximum atomic E-state index is 12.3. The number of amides is 2. The average Bonchev–Trinajstić information content (AvgIpc) is 3.23. The number of hydrogen-bond donors (Lipinski definition) is 2. The molecule has 2 amide bonds. The van der Waals surface area contributed by atoms with Crippen molar-refractivity contribution < 1.29 is 9.59 Å². The van der Waals surface area contributed by atoms with Crippen molar-refractivity contribution in [2.75, 3.05) is 5.32 Å². The Morgan fingerprint density at radius 2 is 1.53 bits per heavy atom. The highest BCUT2D eigenvalue weighted by molar-refractivity contribution is 7.99. The zero-order valence-electron chi connectivity index (χ0n) is 17.2. The minimum atomic E-state index is -0.0549. The van der Waals surface area contributed by atoms with Crippen molar-refractivity contribution in [2.45, 2.75) is 43.4 Å². The summed E-state index contributed by atoms with van der Waals surface area (Å²) in [5.74, 6) is -0.0695. The SMILES string of the molecule is CC(C)Sc1ccc(CC(=O)Nc2ccc(CC(=O)NCc3cccs3)cc2)cc1. The van der Waals surface area contributed by atoms with Gasteiger partial charge in [-0.2, -0.15) is 0 Å². The Balaban J connectivity index is 1.45. The lowest BCUT2D eigenvalue weighted by Crippen LogP contribution is -2.24. The van der Waals surface area contributed by atoms with E-state index in [0.717, 1.165) is 21.7 Å². The van der Waals surface area contributed by atoms with E-state index in [1.807, 2.05) is 65.7 Å². The summed E-state index contributed by atoms with van der Waals surface area (Å²) in [4.78, 5) is 26.8. The third-order valence-corrected chi connectivity index (χ3v) is 6.19. The number of benzene rings is 2. The average molecular weight is 439 g/mol. The van der Waals surface area contributed by atoms with Gasteiger partial charge in [0.25, 0.3) is 0 Å². The van der Waals surface area contributed by atoms with Crippen molar-refractivity contribution in [3.05, 3.63) is 82.0 Å². The molecule has 0 saturated heterocycles. The standard InChI is InChI=1S/C24H26N2O2S2/c1-17(2)30-21-11-7-19(8-12-21)15-24(28)26-20-9-5-18(6-10-20)14-23(27)25-16-22-4-3-13-29-22/h3-13,17H,14-16H2,1-2H3,(H,25,27)(H,26,28). The number of rotatable bonds is 9. The molecule has 1 aromatic heterocycles. The number of anilines is 1. The predicted molar refractivity (Wildman–Crippen MR) is 126 cm³/mol. The molecule has 1 heterocycles. The van der Waals surface area contributed by atoms with Crippen molar-refractivity contribution in [2.24, 2.45) is 0 Å². The number of hydrogen-bond acceptors (Lipinski definition) is 4. The Labute approximate surface area is 186 Å². The van der Waals surface area contributed by atoms with E-state index in [1.54, 1.807) is 11.3 Å². The van der Waals surface area contributed by atoms with Gasteiger partial charge in [-0.1, -0.05) is 44.2 Å². The molecular formula is C24H26N2O2S2. The first kappa shape index (κ1) is 22.1. The lowest BCUT2D eigenvalue weighted by atomic mass is 10.1. The third kappa shape index (κ3) is 7.35. The number of thiophene rings is 1. The number of thioether (sulfide) groups is 1. The molecule has 2 N–H and O–H groups in total. The second-order valence-electron chi connectivity index (χ2n) is 7.27. The molecule has 0 spiro atoms. The second-order valence-corrected chi connectivity index (χ2v) is 9.95. The van der Waals surface area contributed by atoms with Crippen molar-refractivity contribution in [3.63, 3.8) is 0 Å². The molecule has 0 aliphatic heterocycles. The fourth-order valence-corrected chi connectivity index (χ4v) is 4.38. The molecular weight excluding hydrogens is 412 g/mol. The number of carbonyl (C=O) groups excluding carboxylic acids is 2. The molecule has 0 aliphatic carbocycles. The van der Waals surface area contributed by atoms with Gasteiger partial charge >= 0.3 is 0 Å². The van der Waals surface area contributed by atoms with Crippen LogP contribution in [0.2, 0.25) is 0 Å². The highest BCUT2D eigenvalue weighted by Crippen LogP contribution is 2.23. The number of carbonyl (C=O) groups is 2. The topological polar surface area (TPSA) is 58.2 Å². The summed E-state index contributed by atoms with van der Waals surface area (Å²) in [5, 5.41) is 8.37. The van der Waals surface area contributed by atoms with E-state index in [1.165, 1.54) is 4.90 Å². The van der Waals surface area contributed by atoms with Crippen LogP contribution in [0.5, 0.6) is 0 Å². The van der Waals surface area contributed by atoms with E-state index >= 15 is 0 Å². The van der Waals surface area contributed by atoms with Gasteiger partial charge < -0.3 is 10.6 Å². The van der Waals surface area contributed by atoms with Crippen LogP contribution in [-0.4, -0.2) is 17.1 Å². The molecule has 0 bridgehead atoms. The summed E-state index contributed by atoms with van der Waals surface area (Å²) in [6, 6.07) is 19.5. The molecule has 6 heteroatoms. The van der Waals surface area contributed by atoms with Crippen LogP contribution in [0.3, 0.4) is 0 Å². The van der Waals surface area contributed by atoms with E-state index < -0.39 is 0 Å². The minimum absolute atomic E-state index is 0.0146.